The van der Waals surface area contributed by atoms with Gasteiger partial charge in [0.15, 0.2) is 17.0 Å². The zero-order valence-corrected chi connectivity index (χ0v) is 24.3. The number of allylic oxidation sites excluding steroid dienone is 2. The molecule has 0 bridgehead atoms. The van der Waals surface area contributed by atoms with Crippen molar-refractivity contribution in [2.45, 2.75) is 37.3 Å². The van der Waals surface area contributed by atoms with E-state index in [1.165, 1.54) is 6.07 Å². The maximum Gasteiger partial charge on any atom is 0.341 e. The number of hydrogen-bond acceptors (Lipinski definition) is 12. The summed E-state index contributed by atoms with van der Waals surface area (Å²) < 4.78 is 16.8. The number of benzene rings is 3. The molecular weight excluding hydrogens is 586 g/mol. The van der Waals surface area contributed by atoms with Crippen LogP contribution in [0, 0.1) is 6.92 Å². The van der Waals surface area contributed by atoms with Gasteiger partial charge in [-0.3, -0.25) is 19.2 Å². The van der Waals surface area contributed by atoms with Gasteiger partial charge in [0, 0.05) is 36.3 Å². The number of methoxy groups -OCH3 is 2. The SMILES string of the molecule is COC(=O)c1c(C)cc2c(c1OCc1ccccc1)[C@]1(O)C(=O)c3cc4c(c(O)c3C(=O)[C@]1(OC)C(O)C2)C(=O)C=C(N)C4=O. The van der Waals surface area contributed by atoms with E-state index in [1.54, 1.807) is 37.3 Å². The summed E-state index contributed by atoms with van der Waals surface area (Å²) in [6.45, 7) is 1.43. The van der Waals surface area contributed by atoms with Crippen LogP contribution < -0.4 is 10.5 Å². The van der Waals surface area contributed by atoms with Crippen molar-refractivity contribution in [3.8, 4) is 11.5 Å². The molecule has 3 aliphatic carbocycles. The molecule has 45 heavy (non-hydrogen) atoms. The number of phenols is 1. The van der Waals surface area contributed by atoms with Crippen LogP contribution in [0.2, 0.25) is 0 Å². The fourth-order valence-corrected chi connectivity index (χ4v) is 6.72. The van der Waals surface area contributed by atoms with Gasteiger partial charge in [-0.15, -0.1) is 0 Å². The number of aliphatic hydroxyl groups excluding tert-OH is 1. The summed E-state index contributed by atoms with van der Waals surface area (Å²) in [6, 6.07) is 11.2. The van der Waals surface area contributed by atoms with Gasteiger partial charge < -0.3 is 35.3 Å². The van der Waals surface area contributed by atoms with Crippen molar-refractivity contribution < 1.29 is 53.5 Å². The predicted octanol–water partition coefficient (Wildman–Crippen LogP) is 1.86. The van der Waals surface area contributed by atoms with Gasteiger partial charge in [0.05, 0.1) is 30.0 Å². The van der Waals surface area contributed by atoms with Crippen LogP contribution in [0.3, 0.4) is 0 Å². The number of aliphatic hydroxyl groups is 2. The predicted molar refractivity (Wildman–Crippen MR) is 154 cm³/mol. The third kappa shape index (κ3) is 3.79. The van der Waals surface area contributed by atoms with E-state index in [2.05, 4.69) is 0 Å². The van der Waals surface area contributed by atoms with E-state index < -0.39 is 80.1 Å². The highest BCUT2D eigenvalue weighted by molar-refractivity contribution is 6.30. The number of hydrogen-bond donors (Lipinski definition) is 4. The molecule has 12 heteroatoms. The van der Waals surface area contributed by atoms with E-state index in [1.807, 2.05) is 0 Å². The van der Waals surface area contributed by atoms with Crippen LogP contribution in [0.1, 0.15) is 74.0 Å². The number of aromatic hydroxyl groups is 1. The first-order chi connectivity index (χ1) is 21.3. The van der Waals surface area contributed by atoms with Crippen LogP contribution in [0.4, 0.5) is 0 Å². The Hall–Kier alpha value is -5.17. The van der Waals surface area contributed by atoms with Crippen molar-refractivity contribution in [1.29, 1.82) is 0 Å². The highest BCUT2D eigenvalue weighted by Crippen LogP contribution is 2.57. The van der Waals surface area contributed by atoms with E-state index in [0.29, 0.717) is 11.1 Å². The summed E-state index contributed by atoms with van der Waals surface area (Å²) in [7, 11) is 2.12. The third-order valence-electron chi connectivity index (χ3n) is 8.76. The fourth-order valence-electron chi connectivity index (χ4n) is 6.72. The number of carbonyl (C=O) groups excluding carboxylic acids is 5. The number of phenolic OH excluding ortho intramolecular Hbond substituents is 1. The summed E-state index contributed by atoms with van der Waals surface area (Å²) in [4.78, 5) is 68.0. The van der Waals surface area contributed by atoms with Gasteiger partial charge in [0.25, 0.3) is 0 Å². The van der Waals surface area contributed by atoms with E-state index in [-0.39, 0.29) is 35.5 Å². The smallest absolute Gasteiger partial charge is 0.341 e. The minimum atomic E-state index is -3.08. The Morgan fingerprint density at radius 1 is 1.02 bits per heavy atom. The first-order valence-corrected chi connectivity index (χ1v) is 13.8. The van der Waals surface area contributed by atoms with Gasteiger partial charge in [-0.1, -0.05) is 36.4 Å². The number of aryl methyl sites for hydroxylation is 1. The van der Waals surface area contributed by atoms with E-state index in [0.717, 1.165) is 26.4 Å². The number of esters is 1. The monoisotopic (exact) mass is 613 g/mol. The quantitative estimate of drug-likeness (QED) is 0.305. The maximum atomic E-state index is 14.6. The van der Waals surface area contributed by atoms with Gasteiger partial charge in [-0.05, 0) is 29.7 Å². The van der Waals surface area contributed by atoms with Crippen LogP contribution in [0.15, 0.2) is 54.2 Å². The maximum absolute atomic E-state index is 14.6. The Kier molecular flexibility index (Phi) is 6.77. The topological polar surface area (TPSA) is 200 Å². The summed E-state index contributed by atoms with van der Waals surface area (Å²) in [5, 5.41) is 35.5. The second-order valence-corrected chi connectivity index (χ2v) is 11.1. The van der Waals surface area contributed by atoms with E-state index in [4.69, 9.17) is 19.9 Å². The molecule has 3 aliphatic rings. The molecule has 5 N–H and O–H groups in total. The average Bonchev–Trinajstić information content (AvgIpc) is 3.01. The summed E-state index contributed by atoms with van der Waals surface area (Å²) in [5.41, 5.74) is -2.34. The lowest BCUT2D eigenvalue weighted by Crippen LogP contribution is -2.73. The van der Waals surface area contributed by atoms with Gasteiger partial charge in [0.2, 0.25) is 17.3 Å². The number of ether oxygens (including phenoxy) is 3. The molecule has 3 aromatic rings. The summed E-state index contributed by atoms with van der Waals surface area (Å²) in [5.74, 6) is -6.45. The Morgan fingerprint density at radius 3 is 2.36 bits per heavy atom. The normalized spacial score (nSPS) is 23.4. The molecule has 0 radical (unpaired) electrons. The number of ketones is 4. The molecule has 0 heterocycles. The molecule has 3 atom stereocenters. The minimum absolute atomic E-state index is 0.144. The van der Waals surface area contributed by atoms with E-state index >= 15 is 0 Å². The van der Waals surface area contributed by atoms with Gasteiger partial charge in [0.1, 0.15) is 23.7 Å². The molecule has 230 valence electrons. The molecule has 1 unspecified atom stereocenters. The first-order valence-electron chi connectivity index (χ1n) is 13.8. The second kappa shape index (κ2) is 10.2. The van der Waals surface area contributed by atoms with Gasteiger partial charge >= 0.3 is 5.97 Å². The fraction of sp³-hybridized carbons (Fsp3) is 0.242. The lowest BCUT2D eigenvalue weighted by molar-refractivity contribution is -0.181. The lowest BCUT2D eigenvalue weighted by Gasteiger charge is -2.53. The molecule has 0 fully saturated rings. The van der Waals surface area contributed by atoms with Gasteiger partial charge in [-0.25, -0.2) is 4.79 Å². The van der Waals surface area contributed by atoms with Crippen molar-refractivity contribution in [2.24, 2.45) is 5.73 Å². The minimum Gasteiger partial charge on any atom is -0.506 e. The lowest BCUT2D eigenvalue weighted by atomic mass is 9.56. The summed E-state index contributed by atoms with van der Waals surface area (Å²) in [6.07, 6.45) is -1.45. The molecule has 0 aliphatic heterocycles. The number of nitrogens with two attached hydrogens (primary N) is 1. The third-order valence-corrected chi connectivity index (χ3v) is 8.76. The molecule has 3 aromatic carbocycles. The average molecular weight is 614 g/mol. The van der Waals surface area contributed by atoms with Crippen molar-refractivity contribution >= 4 is 29.1 Å². The van der Waals surface area contributed by atoms with Crippen LogP contribution in [-0.2, 0) is 28.1 Å². The molecule has 12 nitrogen and oxygen atoms in total. The van der Waals surface area contributed by atoms with Crippen molar-refractivity contribution in [1.82, 2.24) is 0 Å². The van der Waals surface area contributed by atoms with Crippen molar-refractivity contribution in [3.63, 3.8) is 0 Å². The van der Waals surface area contributed by atoms with E-state index in [9.17, 15) is 39.3 Å². The largest absolute Gasteiger partial charge is 0.506 e. The number of rotatable bonds is 5. The van der Waals surface area contributed by atoms with Crippen molar-refractivity contribution in [2.75, 3.05) is 14.2 Å². The Balaban J connectivity index is 1.69. The highest BCUT2D eigenvalue weighted by atomic mass is 16.5. The number of carbonyl (C=O) groups is 5. The Bertz CT molecular complexity index is 1910. The molecule has 0 saturated heterocycles. The Morgan fingerprint density at radius 2 is 1.71 bits per heavy atom. The summed E-state index contributed by atoms with van der Waals surface area (Å²) >= 11 is 0. The molecule has 0 amide bonds. The number of Topliss-reactive ketones (excluding diaryl/α,β-unsaturated/α-hetero) is 3. The Labute approximate surface area is 255 Å². The molecule has 0 aromatic heterocycles. The van der Waals surface area contributed by atoms with Crippen LogP contribution in [0.25, 0.3) is 0 Å². The molecule has 0 spiro atoms. The van der Waals surface area contributed by atoms with Crippen molar-refractivity contribution in [3.05, 3.63) is 104 Å². The van der Waals surface area contributed by atoms with Gasteiger partial charge in [-0.2, -0.15) is 0 Å². The van der Waals surface area contributed by atoms with Crippen LogP contribution in [0.5, 0.6) is 11.5 Å². The number of fused-ring (bicyclic) bond motifs is 5. The second-order valence-electron chi connectivity index (χ2n) is 11.1. The zero-order valence-electron chi connectivity index (χ0n) is 24.3. The first kappa shape index (κ1) is 29.9. The molecule has 0 saturated carbocycles. The standard InChI is InChI=1S/C33H27NO11/c1-14-9-16-10-21(36)33(44-3)30(40)24-18(11-17-23(27(24)38)20(35)12-19(34)26(17)37)29(39)32(33,42)25(16)28(22(14)31(41)43-2)45-13-15-7-5-4-6-8-15/h4-9,11-12,21,36,38,42H,10,13,34H2,1-3H3/t21?,32-,33+/m0/s1. The van der Waals surface area contributed by atoms with Crippen LogP contribution >= 0.6 is 0 Å². The molecule has 6 rings (SSSR count). The highest BCUT2D eigenvalue weighted by Gasteiger charge is 2.72. The van der Waals surface area contributed by atoms with Crippen LogP contribution in [-0.4, -0.2) is 70.3 Å². The molecular formula is C33H27NO11. The zero-order chi connectivity index (χ0) is 32.6.